The molecule has 1 aromatic heterocycles. The second-order valence-corrected chi connectivity index (χ2v) is 8.12. The molecule has 1 aliphatic rings. The van der Waals surface area contributed by atoms with Gasteiger partial charge in [0.1, 0.15) is 0 Å². The van der Waals surface area contributed by atoms with Crippen molar-refractivity contribution in [2.24, 2.45) is 4.99 Å². The van der Waals surface area contributed by atoms with Crippen molar-refractivity contribution in [1.29, 1.82) is 0 Å². The number of allylic oxidation sites excluding steroid dienone is 1. The minimum atomic E-state index is -0.660. The minimum absolute atomic E-state index is 0.0520. The molecule has 1 atom stereocenters. The van der Waals surface area contributed by atoms with Crippen molar-refractivity contribution in [3.63, 3.8) is 0 Å². The Morgan fingerprint density at radius 2 is 1.97 bits per heavy atom. The summed E-state index contributed by atoms with van der Waals surface area (Å²) in [6.07, 6.45) is 1.60. The highest BCUT2D eigenvalue weighted by molar-refractivity contribution is 7.07. The third-order valence-corrected chi connectivity index (χ3v) is 6.15. The number of carbonyl (C=O) groups is 1. The summed E-state index contributed by atoms with van der Waals surface area (Å²) in [5.74, 6) is -0.236. The highest BCUT2D eigenvalue weighted by atomic mass is 32.1. The molecule has 1 N–H and O–H groups in total. The van der Waals surface area contributed by atoms with Crippen LogP contribution >= 0.6 is 11.3 Å². The Labute approximate surface area is 188 Å². The molecule has 0 amide bonds. The van der Waals surface area contributed by atoms with Crippen LogP contribution in [-0.2, 0) is 9.53 Å². The number of phenolic OH excluding ortho intramolecular Hbond substituents is 1. The highest BCUT2D eigenvalue weighted by Crippen LogP contribution is 2.31. The van der Waals surface area contributed by atoms with Crippen LogP contribution in [0.4, 0.5) is 0 Å². The van der Waals surface area contributed by atoms with Gasteiger partial charge in [0.25, 0.3) is 5.56 Å². The molecule has 0 spiro atoms. The van der Waals surface area contributed by atoms with Gasteiger partial charge in [-0.25, -0.2) is 9.79 Å². The lowest BCUT2D eigenvalue weighted by molar-refractivity contribution is -0.139. The molecule has 0 fully saturated rings. The number of aromatic hydroxyl groups is 1. The molecule has 32 heavy (non-hydrogen) atoms. The number of carbonyl (C=O) groups excluding carboxylic acids is 1. The first-order chi connectivity index (χ1) is 15.5. The molecule has 4 rings (SSSR count). The second-order valence-electron chi connectivity index (χ2n) is 7.11. The molecule has 3 aromatic rings. The number of methoxy groups -OCH3 is 1. The lowest BCUT2D eigenvalue weighted by Crippen LogP contribution is -2.39. The monoisotopic (exact) mass is 450 g/mol. The standard InChI is InChI=1S/C24H22N2O5S/c1-4-31-23(29)19-14(2)25-24-26(20(19)15-9-6-5-7-10-15)22(28)18(32-24)13-16-11-8-12-17(30-3)21(16)27/h5-13,20,27H,4H2,1-3H3/b18-13+/t20-/m0/s1. The van der Waals surface area contributed by atoms with Gasteiger partial charge in [0.2, 0.25) is 0 Å². The summed E-state index contributed by atoms with van der Waals surface area (Å²) in [7, 11) is 1.46. The van der Waals surface area contributed by atoms with Crippen LogP contribution in [0.3, 0.4) is 0 Å². The summed E-state index contributed by atoms with van der Waals surface area (Å²) in [5.41, 5.74) is 1.77. The molecule has 8 heteroatoms. The normalized spacial score (nSPS) is 15.8. The number of esters is 1. The predicted molar refractivity (Wildman–Crippen MR) is 121 cm³/mol. The van der Waals surface area contributed by atoms with E-state index in [9.17, 15) is 14.7 Å². The van der Waals surface area contributed by atoms with Gasteiger partial charge in [-0.1, -0.05) is 53.8 Å². The van der Waals surface area contributed by atoms with Gasteiger partial charge < -0.3 is 14.6 Å². The molecule has 0 radical (unpaired) electrons. The summed E-state index contributed by atoms with van der Waals surface area (Å²) < 4.78 is 12.3. The topological polar surface area (TPSA) is 90.1 Å². The van der Waals surface area contributed by atoms with Crippen LogP contribution in [0, 0.1) is 0 Å². The lowest BCUT2D eigenvalue weighted by atomic mass is 9.96. The maximum absolute atomic E-state index is 13.5. The molecule has 0 saturated heterocycles. The first kappa shape index (κ1) is 21.6. The van der Waals surface area contributed by atoms with Crippen LogP contribution in [0.2, 0.25) is 0 Å². The summed E-state index contributed by atoms with van der Waals surface area (Å²) in [6.45, 7) is 3.70. The van der Waals surface area contributed by atoms with Crippen molar-refractivity contribution in [3.05, 3.63) is 90.6 Å². The van der Waals surface area contributed by atoms with Gasteiger partial charge in [0.15, 0.2) is 16.3 Å². The Hall–Kier alpha value is -3.65. The molecular weight excluding hydrogens is 428 g/mol. The quantitative estimate of drug-likeness (QED) is 0.604. The van der Waals surface area contributed by atoms with E-state index in [0.717, 1.165) is 5.56 Å². The summed E-state index contributed by atoms with van der Waals surface area (Å²) in [4.78, 5) is 31.3. The highest BCUT2D eigenvalue weighted by Gasteiger charge is 2.33. The lowest BCUT2D eigenvalue weighted by Gasteiger charge is -2.24. The van der Waals surface area contributed by atoms with Crippen LogP contribution in [0.25, 0.3) is 6.08 Å². The number of fused-ring (bicyclic) bond motifs is 1. The third-order valence-electron chi connectivity index (χ3n) is 5.17. The summed E-state index contributed by atoms with van der Waals surface area (Å²) >= 11 is 1.20. The molecule has 0 saturated carbocycles. The zero-order chi connectivity index (χ0) is 22.8. The van der Waals surface area contributed by atoms with Gasteiger partial charge in [0, 0.05) is 5.56 Å². The van der Waals surface area contributed by atoms with E-state index in [0.29, 0.717) is 31.9 Å². The van der Waals surface area contributed by atoms with Crippen LogP contribution < -0.4 is 19.6 Å². The van der Waals surface area contributed by atoms with Crippen molar-refractivity contribution in [3.8, 4) is 11.5 Å². The average Bonchev–Trinajstić information content (AvgIpc) is 3.09. The fourth-order valence-corrected chi connectivity index (χ4v) is 4.74. The van der Waals surface area contributed by atoms with Crippen molar-refractivity contribution >= 4 is 23.4 Å². The first-order valence-electron chi connectivity index (χ1n) is 10.1. The number of para-hydroxylation sites is 1. The Balaban J connectivity index is 1.96. The van der Waals surface area contributed by atoms with Crippen molar-refractivity contribution in [1.82, 2.24) is 4.57 Å². The van der Waals surface area contributed by atoms with Crippen LogP contribution in [0.1, 0.15) is 31.0 Å². The number of phenols is 1. The molecule has 0 unspecified atom stereocenters. The zero-order valence-corrected chi connectivity index (χ0v) is 18.7. The number of nitrogens with zero attached hydrogens (tertiary/aromatic N) is 2. The molecule has 0 aliphatic carbocycles. The number of aromatic nitrogens is 1. The number of hydrogen-bond donors (Lipinski definition) is 1. The van der Waals surface area contributed by atoms with Crippen molar-refractivity contribution < 1.29 is 19.4 Å². The Morgan fingerprint density at radius 3 is 2.66 bits per heavy atom. The maximum Gasteiger partial charge on any atom is 0.338 e. The Kier molecular flexibility index (Phi) is 5.96. The number of ether oxygens (including phenoxy) is 2. The largest absolute Gasteiger partial charge is 0.504 e. The van der Waals surface area contributed by atoms with E-state index in [1.807, 2.05) is 30.3 Å². The number of hydrogen-bond acceptors (Lipinski definition) is 7. The van der Waals surface area contributed by atoms with E-state index in [2.05, 4.69) is 4.99 Å². The zero-order valence-electron chi connectivity index (χ0n) is 17.9. The fourth-order valence-electron chi connectivity index (χ4n) is 3.70. The molecule has 2 aromatic carbocycles. The van der Waals surface area contributed by atoms with E-state index in [-0.39, 0.29) is 17.9 Å². The number of benzene rings is 2. The van der Waals surface area contributed by atoms with E-state index in [1.54, 1.807) is 38.1 Å². The van der Waals surface area contributed by atoms with Crippen molar-refractivity contribution in [2.75, 3.05) is 13.7 Å². The van der Waals surface area contributed by atoms with Crippen LogP contribution in [0.15, 0.2) is 69.6 Å². The molecule has 164 valence electrons. The third kappa shape index (κ3) is 3.73. The maximum atomic E-state index is 13.5. The molecule has 2 heterocycles. The van der Waals surface area contributed by atoms with Crippen LogP contribution in [0.5, 0.6) is 11.5 Å². The van der Waals surface area contributed by atoms with Crippen molar-refractivity contribution in [2.45, 2.75) is 19.9 Å². The molecule has 0 bridgehead atoms. The summed E-state index contributed by atoms with van der Waals surface area (Å²) in [5, 5.41) is 10.4. The van der Waals surface area contributed by atoms with E-state index < -0.39 is 12.0 Å². The predicted octanol–water partition coefficient (Wildman–Crippen LogP) is 2.51. The smallest absolute Gasteiger partial charge is 0.338 e. The Bertz CT molecular complexity index is 1390. The molecule has 7 nitrogen and oxygen atoms in total. The van der Waals surface area contributed by atoms with E-state index >= 15 is 0 Å². The molecule has 1 aliphatic heterocycles. The SMILES string of the molecule is CCOC(=O)C1=C(C)N=c2s/c(=C/c3cccc(OC)c3O)c(=O)n2[C@H]1c1ccccc1. The minimum Gasteiger partial charge on any atom is -0.504 e. The Morgan fingerprint density at radius 1 is 1.22 bits per heavy atom. The average molecular weight is 451 g/mol. The molecular formula is C24H22N2O5S. The van der Waals surface area contributed by atoms with Gasteiger partial charge in [-0.2, -0.15) is 0 Å². The van der Waals surface area contributed by atoms with Crippen LogP contribution in [-0.4, -0.2) is 29.4 Å². The number of rotatable bonds is 5. The van der Waals surface area contributed by atoms with Gasteiger partial charge in [0.05, 0.1) is 35.6 Å². The second kappa shape index (κ2) is 8.84. The summed E-state index contributed by atoms with van der Waals surface area (Å²) in [6, 6.07) is 13.7. The van der Waals surface area contributed by atoms with E-state index in [1.165, 1.54) is 23.0 Å². The fraction of sp³-hybridized carbons (Fsp3) is 0.208. The van der Waals surface area contributed by atoms with Gasteiger partial charge >= 0.3 is 5.97 Å². The number of thiazole rings is 1. The van der Waals surface area contributed by atoms with Gasteiger partial charge in [-0.15, -0.1) is 0 Å². The van der Waals surface area contributed by atoms with Gasteiger partial charge in [-0.3, -0.25) is 9.36 Å². The van der Waals surface area contributed by atoms with Gasteiger partial charge in [-0.05, 0) is 31.6 Å². The first-order valence-corrected chi connectivity index (χ1v) is 10.9. The van der Waals surface area contributed by atoms with E-state index in [4.69, 9.17) is 9.47 Å².